The van der Waals surface area contributed by atoms with E-state index in [0.717, 1.165) is 0 Å². The quantitative estimate of drug-likeness (QED) is 0.807. The second kappa shape index (κ2) is 7.27. The molecule has 1 fully saturated rings. The highest BCUT2D eigenvalue weighted by atomic mass is 19.1. The van der Waals surface area contributed by atoms with Crippen LogP contribution in [-0.2, 0) is 0 Å². The minimum atomic E-state index is -0.362. The first-order chi connectivity index (χ1) is 12.1. The van der Waals surface area contributed by atoms with Crippen LogP contribution in [0.3, 0.4) is 0 Å². The Labute approximate surface area is 145 Å². The molecule has 0 bridgehead atoms. The van der Waals surface area contributed by atoms with Gasteiger partial charge in [0.2, 0.25) is 0 Å². The third kappa shape index (κ3) is 3.74. The van der Waals surface area contributed by atoms with Crippen LogP contribution in [0.15, 0.2) is 48.5 Å². The number of piperidine rings is 1. The first kappa shape index (κ1) is 16.8. The molecule has 0 aliphatic carbocycles. The van der Waals surface area contributed by atoms with E-state index in [1.807, 2.05) is 6.07 Å². The molecule has 0 saturated carbocycles. The second-order valence-corrected chi connectivity index (χ2v) is 6.13. The second-order valence-electron chi connectivity index (χ2n) is 6.13. The topological polar surface area (TPSA) is 61.2 Å². The van der Waals surface area contributed by atoms with Crippen molar-refractivity contribution in [1.82, 2.24) is 4.90 Å². The number of halogens is 1. The number of hydrogen-bond donors (Lipinski definition) is 0. The molecule has 1 heterocycles. The largest absolute Gasteiger partial charge is 0.339 e. The fraction of sp³-hybridized carbons (Fsp3) is 0.250. The maximum Gasteiger partial charge on any atom is 0.253 e. The minimum Gasteiger partial charge on any atom is -0.339 e. The van der Waals surface area contributed by atoms with Crippen molar-refractivity contribution < 1.29 is 14.0 Å². The highest BCUT2D eigenvalue weighted by molar-refractivity contribution is 5.98. The average molecular weight is 336 g/mol. The molecule has 25 heavy (non-hydrogen) atoms. The lowest BCUT2D eigenvalue weighted by Gasteiger charge is -2.31. The van der Waals surface area contributed by atoms with Crippen LogP contribution in [0.25, 0.3) is 0 Å². The summed E-state index contributed by atoms with van der Waals surface area (Å²) in [4.78, 5) is 26.7. The van der Waals surface area contributed by atoms with Crippen molar-refractivity contribution in [2.75, 3.05) is 13.1 Å². The van der Waals surface area contributed by atoms with E-state index < -0.39 is 0 Å². The maximum absolute atomic E-state index is 13.0. The van der Waals surface area contributed by atoms with Gasteiger partial charge >= 0.3 is 0 Å². The Morgan fingerprint density at radius 2 is 1.52 bits per heavy atom. The van der Waals surface area contributed by atoms with Gasteiger partial charge in [-0.05, 0) is 61.4 Å². The predicted molar refractivity (Wildman–Crippen MR) is 90.5 cm³/mol. The summed E-state index contributed by atoms with van der Waals surface area (Å²) in [5.74, 6) is -0.586. The van der Waals surface area contributed by atoms with Crippen LogP contribution in [-0.4, -0.2) is 29.7 Å². The van der Waals surface area contributed by atoms with Gasteiger partial charge in [0, 0.05) is 30.1 Å². The molecule has 2 aromatic rings. The molecular formula is C20H17FN2O2. The molecule has 1 aliphatic rings. The Bertz CT molecular complexity index is 814. The summed E-state index contributed by atoms with van der Waals surface area (Å²) in [6.45, 7) is 1.02. The maximum atomic E-state index is 13.0. The molecule has 0 aromatic heterocycles. The number of rotatable bonds is 3. The molecule has 0 unspecified atom stereocenters. The van der Waals surface area contributed by atoms with E-state index in [-0.39, 0.29) is 23.4 Å². The Kier molecular flexibility index (Phi) is 4.90. The molecule has 126 valence electrons. The van der Waals surface area contributed by atoms with Gasteiger partial charge < -0.3 is 4.90 Å². The smallest absolute Gasteiger partial charge is 0.253 e. The van der Waals surface area contributed by atoms with Gasteiger partial charge in [-0.2, -0.15) is 5.26 Å². The number of ketones is 1. The van der Waals surface area contributed by atoms with Crippen molar-refractivity contribution in [1.29, 1.82) is 5.26 Å². The van der Waals surface area contributed by atoms with Gasteiger partial charge in [0.15, 0.2) is 5.78 Å². The van der Waals surface area contributed by atoms with Crippen LogP contribution in [0.4, 0.5) is 4.39 Å². The summed E-state index contributed by atoms with van der Waals surface area (Å²) < 4.78 is 13.0. The van der Waals surface area contributed by atoms with Crippen LogP contribution in [0.1, 0.15) is 39.1 Å². The third-order valence-electron chi connectivity index (χ3n) is 4.54. The summed E-state index contributed by atoms with van der Waals surface area (Å²) >= 11 is 0. The normalized spacial score (nSPS) is 14.8. The van der Waals surface area contributed by atoms with Gasteiger partial charge in [-0.25, -0.2) is 4.39 Å². The van der Waals surface area contributed by atoms with Crippen LogP contribution in [0.5, 0.6) is 0 Å². The van der Waals surface area contributed by atoms with Crippen molar-refractivity contribution in [3.05, 3.63) is 71.0 Å². The molecular weight excluding hydrogens is 319 g/mol. The molecule has 1 amide bonds. The zero-order chi connectivity index (χ0) is 17.8. The Morgan fingerprint density at radius 1 is 0.960 bits per heavy atom. The van der Waals surface area contributed by atoms with E-state index in [1.165, 1.54) is 24.3 Å². The minimum absolute atomic E-state index is 0.00507. The van der Waals surface area contributed by atoms with Crippen molar-refractivity contribution in [3.8, 4) is 6.07 Å². The van der Waals surface area contributed by atoms with Crippen molar-refractivity contribution in [2.45, 2.75) is 12.8 Å². The highest BCUT2D eigenvalue weighted by Crippen LogP contribution is 2.23. The fourth-order valence-electron chi connectivity index (χ4n) is 3.06. The standard InChI is InChI=1S/C20H17FN2O2/c21-18-7-5-15(6-8-18)19(24)16-9-11-23(12-10-16)20(25)17-3-1-14(13-22)2-4-17/h1-8,16H,9-12H2. The summed E-state index contributed by atoms with van der Waals surface area (Å²) in [7, 11) is 0. The van der Waals surface area contributed by atoms with Gasteiger partial charge in [0.1, 0.15) is 5.82 Å². The molecule has 0 atom stereocenters. The summed E-state index contributed by atoms with van der Waals surface area (Å²) in [6, 6.07) is 14.2. The molecule has 0 spiro atoms. The van der Waals surface area contributed by atoms with E-state index in [1.54, 1.807) is 29.2 Å². The first-order valence-electron chi connectivity index (χ1n) is 8.17. The van der Waals surface area contributed by atoms with Crippen LogP contribution < -0.4 is 0 Å². The van der Waals surface area contributed by atoms with Crippen LogP contribution in [0.2, 0.25) is 0 Å². The first-order valence-corrected chi connectivity index (χ1v) is 8.17. The van der Waals surface area contributed by atoms with Crippen molar-refractivity contribution in [2.24, 2.45) is 5.92 Å². The van der Waals surface area contributed by atoms with Crippen LogP contribution >= 0.6 is 0 Å². The lowest BCUT2D eigenvalue weighted by atomic mass is 9.88. The molecule has 5 heteroatoms. The molecule has 2 aromatic carbocycles. The molecule has 0 radical (unpaired) electrons. The van der Waals surface area contributed by atoms with E-state index >= 15 is 0 Å². The Morgan fingerprint density at radius 3 is 2.08 bits per heavy atom. The van der Waals surface area contributed by atoms with E-state index in [2.05, 4.69) is 0 Å². The lowest BCUT2D eigenvalue weighted by molar-refractivity contribution is 0.0650. The highest BCUT2D eigenvalue weighted by Gasteiger charge is 2.28. The Balaban J connectivity index is 1.61. The monoisotopic (exact) mass is 336 g/mol. The zero-order valence-electron chi connectivity index (χ0n) is 13.6. The predicted octanol–water partition coefficient (Wildman–Crippen LogP) is 3.43. The number of nitrogens with zero attached hydrogens (tertiary/aromatic N) is 2. The van der Waals surface area contributed by atoms with Gasteiger partial charge in [-0.15, -0.1) is 0 Å². The molecule has 4 nitrogen and oxygen atoms in total. The lowest BCUT2D eigenvalue weighted by Crippen LogP contribution is -2.40. The van der Waals surface area contributed by atoms with E-state index in [0.29, 0.717) is 42.6 Å². The number of carbonyl (C=O) groups excluding carboxylic acids is 2. The summed E-state index contributed by atoms with van der Waals surface area (Å²) in [5, 5.41) is 8.81. The average Bonchev–Trinajstić information content (AvgIpc) is 2.67. The fourth-order valence-corrected chi connectivity index (χ4v) is 3.06. The van der Waals surface area contributed by atoms with Gasteiger partial charge in [-0.1, -0.05) is 0 Å². The number of benzene rings is 2. The summed E-state index contributed by atoms with van der Waals surface area (Å²) in [6.07, 6.45) is 1.19. The van der Waals surface area contributed by atoms with Crippen molar-refractivity contribution in [3.63, 3.8) is 0 Å². The van der Waals surface area contributed by atoms with E-state index in [4.69, 9.17) is 5.26 Å². The number of carbonyl (C=O) groups is 2. The SMILES string of the molecule is N#Cc1ccc(C(=O)N2CCC(C(=O)c3ccc(F)cc3)CC2)cc1. The Hall–Kier alpha value is -3.00. The number of Topliss-reactive ketones (excluding diaryl/α,β-unsaturated/α-hetero) is 1. The molecule has 0 N–H and O–H groups in total. The summed E-state index contributed by atoms with van der Waals surface area (Å²) in [5.41, 5.74) is 1.57. The molecule has 1 saturated heterocycles. The number of nitriles is 1. The number of amides is 1. The number of hydrogen-bond acceptors (Lipinski definition) is 3. The zero-order valence-corrected chi connectivity index (χ0v) is 13.6. The third-order valence-corrected chi connectivity index (χ3v) is 4.54. The molecule has 3 rings (SSSR count). The van der Waals surface area contributed by atoms with Gasteiger partial charge in [0.25, 0.3) is 5.91 Å². The van der Waals surface area contributed by atoms with Crippen LogP contribution in [0, 0.1) is 23.1 Å². The van der Waals surface area contributed by atoms with Gasteiger partial charge in [-0.3, -0.25) is 9.59 Å². The number of likely N-dealkylation sites (tertiary alicyclic amines) is 1. The molecule has 1 aliphatic heterocycles. The van der Waals surface area contributed by atoms with Gasteiger partial charge in [0.05, 0.1) is 11.6 Å². The van der Waals surface area contributed by atoms with Crippen molar-refractivity contribution >= 4 is 11.7 Å². The van der Waals surface area contributed by atoms with E-state index in [9.17, 15) is 14.0 Å².